The molecule has 2 amide bonds. The van der Waals surface area contributed by atoms with Gasteiger partial charge in [0, 0.05) is 32.2 Å². The molecule has 8 nitrogen and oxygen atoms in total. The maximum absolute atomic E-state index is 12.7. The van der Waals surface area contributed by atoms with E-state index < -0.39 is 0 Å². The van der Waals surface area contributed by atoms with E-state index in [1.54, 1.807) is 17.0 Å². The minimum Gasteiger partial charge on any atom is -0.459 e. The second-order valence-electron chi connectivity index (χ2n) is 7.63. The van der Waals surface area contributed by atoms with Crippen LogP contribution >= 0.6 is 11.8 Å². The van der Waals surface area contributed by atoms with Crippen LogP contribution in [0, 0.1) is 6.92 Å². The third kappa shape index (κ3) is 4.49. The number of nitrogens with zero attached hydrogens (tertiary/aromatic N) is 5. The summed E-state index contributed by atoms with van der Waals surface area (Å²) in [6.07, 6.45) is 7.60. The summed E-state index contributed by atoms with van der Waals surface area (Å²) < 4.78 is 7.40. The van der Waals surface area contributed by atoms with Gasteiger partial charge in [0.05, 0.1) is 12.0 Å². The summed E-state index contributed by atoms with van der Waals surface area (Å²) in [6, 6.07) is 3.83. The van der Waals surface area contributed by atoms with Crippen molar-refractivity contribution >= 4 is 23.6 Å². The van der Waals surface area contributed by atoms with E-state index in [9.17, 15) is 9.59 Å². The largest absolute Gasteiger partial charge is 0.459 e. The molecule has 2 aliphatic rings. The number of hydrogen-bond acceptors (Lipinski definition) is 6. The lowest BCUT2D eigenvalue weighted by molar-refractivity contribution is -0.129. The number of hydrogen-bond donors (Lipinski definition) is 0. The minimum atomic E-state index is -0.118. The summed E-state index contributed by atoms with van der Waals surface area (Å²) in [5.41, 5.74) is 0. The van der Waals surface area contributed by atoms with Crippen molar-refractivity contribution < 1.29 is 14.0 Å². The number of rotatable bonds is 5. The van der Waals surface area contributed by atoms with Crippen LogP contribution in [0.25, 0.3) is 0 Å². The lowest BCUT2D eigenvalue weighted by atomic mass is 9.95. The van der Waals surface area contributed by atoms with Crippen molar-refractivity contribution in [1.82, 2.24) is 24.6 Å². The van der Waals surface area contributed by atoms with Crippen molar-refractivity contribution in [3.05, 3.63) is 30.0 Å². The SMILES string of the molecule is Cc1nnc(SCC(=O)N2CCN(C(=O)c3ccco3)CC2)n1C1CCCCC1. The average Bonchev–Trinajstić information content (AvgIpc) is 3.42. The lowest BCUT2D eigenvalue weighted by Crippen LogP contribution is -2.51. The molecular formula is C20H27N5O3S. The van der Waals surface area contributed by atoms with Crippen molar-refractivity contribution in [2.45, 2.75) is 50.2 Å². The Morgan fingerprint density at radius 3 is 2.52 bits per heavy atom. The Morgan fingerprint density at radius 2 is 1.83 bits per heavy atom. The van der Waals surface area contributed by atoms with Gasteiger partial charge in [-0.15, -0.1) is 10.2 Å². The van der Waals surface area contributed by atoms with E-state index in [1.807, 2.05) is 11.8 Å². The molecule has 1 aliphatic heterocycles. The van der Waals surface area contributed by atoms with Gasteiger partial charge in [0.1, 0.15) is 5.82 Å². The van der Waals surface area contributed by atoms with Crippen LogP contribution in [-0.4, -0.2) is 68.3 Å². The fourth-order valence-corrected chi connectivity index (χ4v) is 5.09. The fourth-order valence-electron chi connectivity index (χ4n) is 4.14. The Hall–Kier alpha value is -2.29. The molecule has 9 heteroatoms. The topological polar surface area (TPSA) is 84.5 Å². The standard InChI is InChI=1S/C20H27N5O3S/c1-15-21-22-20(25(15)16-6-3-2-4-7-16)29-14-18(26)23-9-11-24(12-10-23)19(27)17-8-5-13-28-17/h5,8,13,16H,2-4,6-7,9-12,14H2,1H3. The molecule has 0 radical (unpaired) electrons. The molecule has 2 fully saturated rings. The molecule has 2 aromatic rings. The van der Waals surface area contributed by atoms with Gasteiger partial charge in [0.15, 0.2) is 10.9 Å². The molecule has 3 heterocycles. The molecule has 0 spiro atoms. The van der Waals surface area contributed by atoms with Crippen LogP contribution < -0.4 is 0 Å². The van der Waals surface area contributed by atoms with Gasteiger partial charge in [-0.2, -0.15) is 0 Å². The lowest BCUT2D eigenvalue weighted by Gasteiger charge is -2.34. The van der Waals surface area contributed by atoms with Crippen molar-refractivity contribution in [2.75, 3.05) is 31.9 Å². The Balaban J connectivity index is 1.29. The Kier molecular flexibility index (Phi) is 6.22. The second kappa shape index (κ2) is 9.02. The fraction of sp³-hybridized carbons (Fsp3) is 0.600. The molecule has 0 N–H and O–H groups in total. The molecule has 0 aromatic carbocycles. The Bertz CT molecular complexity index is 836. The molecule has 0 bridgehead atoms. The molecular weight excluding hydrogens is 390 g/mol. The molecule has 1 aliphatic carbocycles. The van der Waals surface area contributed by atoms with E-state index in [1.165, 1.54) is 37.3 Å². The zero-order chi connectivity index (χ0) is 20.2. The number of carbonyl (C=O) groups excluding carboxylic acids is 2. The van der Waals surface area contributed by atoms with Gasteiger partial charge in [-0.25, -0.2) is 0 Å². The van der Waals surface area contributed by atoms with E-state index in [0.717, 1.165) is 23.8 Å². The van der Waals surface area contributed by atoms with Crippen molar-refractivity contribution in [2.24, 2.45) is 0 Å². The van der Waals surface area contributed by atoms with Gasteiger partial charge >= 0.3 is 0 Å². The highest BCUT2D eigenvalue weighted by molar-refractivity contribution is 7.99. The maximum Gasteiger partial charge on any atom is 0.289 e. The highest BCUT2D eigenvalue weighted by Gasteiger charge is 2.27. The number of carbonyl (C=O) groups is 2. The smallest absolute Gasteiger partial charge is 0.289 e. The molecule has 4 rings (SSSR count). The predicted octanol–water partition coefficient (Wildman–Crippen LogP) is 2.76. The average molecular weight is 418 g/mol. The van der Waals surface area contributed by atoms with Gasteiger partial charge in [0.25, 0.3) is 5.91 Å². The molecule has 1 saturated carbocycles. The Morgan fingerprint density at radius 1 is 1.10 bits per heavy atom. The van der Waals surface area contributed by atoms with E-state index in [-0.39, 0.29) is 11.8 Å². The van der Waals surface area contributed by atoms with Crippen LogP contribution in [0.5, 0.6) is 0 Å². The van der Waals surface area contributed by atoms with Gasteiger partial charge in [-0.3, -0.25) is 9.59 Å². The summed E-state index contributed by atoms with van der Waals surface area (Å²) in [4.78, 5) is 28.6. The zero-order valence-corrected chi connectivity index (χ0v) is 17.6. The van der Waals surface area contributed by atoms with E-state index in [0.29, 0.717) is 43.7 Å². The van der Waals surface area contributed by atoms with Gasteiger partial charge in [-0.05, 0) is 31.9 Å². The molecule has 0 atom stereocenters. The number of aromatic nitrogens is 3. The van der Waals surface area contributed by atoms with Crippen molar-refractivity contribution in [1.29, 1.82) is 0 Å². The normalized spacial score (nSPS) is 18.2. The first kappa shape index (κ1) is 20.0. The van der Waals surface area contributed by atoms with Crippen LogP contribution in [-0.2, 0) is 4.79 Å². The molecule has 1 saturated heterocycles. The van der Waals surface area contributed by atoms with E-state index in [4.69, 9.17) is 4.42 Å². The van der Waals surface area contributed by atoms with Gasteiger partial charge in [-0.1, -0.05) is 31.0 Å². The number of piperazine rings is 1. The van der Waals surface area contributed by atoms with Crippen molar-refractivity contribution in [3.8, 4) is 0 Å². The summed E-state index contributed by atoms with van der Waals surface area (Å²) >= 11 is 1.47. The van der Waals surface area contributed by atoms with Gasteiger partial charge in [0.2, 0.25) is 5.91 Å². The van der Waals surface area contributed by atoms with Gasteiger partial charge < -0.3 is 18.8 Å². The van der Waals surface area contributed by atoms with Crippen LogP contribution in [0.1, 0.15) is 54.5 Å². The summed E-state index contributed by atoms with van der Waals surface area (Å²) in [5.74, 6) is 1.58. The first-order valence-corrected chi connectivity index (χ1v) is 11.3. The highest BCUT2D eigenvalue weighted by Crippen LogP contribution is 2.32. The Labute approximate surface area is 174 Å². The van der Waals surface area contributed by atoms with Crippen LogP contribution in [0.3, 0.4) is 0 Å². The highest BCUT2D eigenvalue weighted by atomic mass is 32.2. The number of furan rings is 1. The van der Waals surface area contributed by atoms with E-state index in [2.05, 4.69) is 14.8 Å². The number of amides is 2. The molecule has 29 heavy (non-hydrogen) atoms. The quantitative estimate of drug-likeness (QED) is 0.696. The van der Waals surface area contributed by atoms with Crippen LogP contribution in [0.4, 0.5) is 0 Å². The molecule has 2 aromatic heterocycles. The van der Waals surface area contributed by atoms with Crippen LogP contribution in [0.2, 0.25) is 0 Å². The first-order valence-electron chi connectivity index (χ1n) is 10.3. The first-order chi connectivity index (χ1) is 14.1. The summed E-state index contributed by atoms with van der Waals surface area (Å²) in [6.45, 7) is 4.11. The second-order valence-corrected chi connectivity index (χ2v) is 8.57. The predicted molar refractivity (Wildman–Crippen MR) is 109 cm³/mol. The third-order valence-corrected chi connectivity index (χ3v) is 6.68. The number of aryl methyl sites for hydroxylation is 1. The summed E-state index contributed by atoms with van der Waals surface area (Å²) in [5, 5.41) is 9.41. The minimum absolute atomic E-state index is 0.0796. The van der Waals surface area contributed by atoms with Crippen LogP contribution in [0.15, 0.2) is 28.0 Å². The monoisotopic (exact) mass is 417 g/mol. The number of thioether (sulfide) groups is 1. The third-order valence-electron chi connectivity index (χ3n) is 5.75. The summed E-state index contributed by atoms with van der Waals surface area (Å²) in [7, 11) is 0. The molecule has 0 unspecified atom stereocenters. The van der Waals surface area contributed by atoms with E-state index >= 15 is 0 Å². The molecule has 156 valence electrons. The maximum atomic E-state index is 12.7. The zero-order valence-electron chi connectivity index (χ0n) is 16.7. The van der Waals surface area contributed by atoms with Crippen molar-refractivity contribution in [3.63, 3.8) is 0 Å².